The van der Waals surface area contributed by atoms with Crippen molar-refractivity contribution in [2.75, 3.05) is 11.9 Å². The zero-order valence-electron chi connectivity index (χ0n) is 11.2. The molecule has 2 rings (SSSR count). The monoisotopic (exact) mass is 324 g/mol. The maximum Gasteiger partial charge on any atom is 0.315 e. The fraction of sp³-hybridized carbons (Fsp3) is 0.231. The Labute approximate surface area is 130 Å². The number of carbonyl (C=O) groups is 2. The molecule has 6 nitrogen and oxygen atoms in total. The molecule has 0 aliphatic rings. The number of benzene rings is 1. The van der Waals surface area contributed by atoms with Gasteiger partial charge >= 0.3 is 11.8 Å². The van der Waals surface area contributed by atoms with Crippen LogP contribution in [0.25, 0.3) is 0 Å². The van der Waals surface area contributed by atoms with Crippen molar-refractivity contribution in [1.29, 1.82) is 0 Å². The number of hydrogen-bond donors (Lipinski definition) is 1. The van der Waals surface area contributed by atoms with Crippen molar-refractivity contribution in [3.63, 3.8) is 0 Å². The Morgan fingerprint density at radius 2 is 2.05 bits per heavy atom. The molecule has 0 radical (unpaired) electrons. The molecule has 0 saturated carbocycles. The molecule has 1 heterocycles. The largest absolute Gasteiger partial charge is 0.330 e. The lowest BCUT2D eigenvalue weighted by molar-refractivity contribution is -0.143. The van der Waals surface area contributed by atoms with Crippen molar-refractivity contribution >= 4 is 39.9 Å². The first-order valence-corrected chi connectivity index (χ1v) is 7.46. The third kappa shape index (κ3) is 4.24. The lowest BCUT2D eigenvalue weighted by Crippen LogP contribution is -2.39. The van der Waals surface area contributed by atoms with Gasteiger partial charge in [0, 0.05) is 18.1 Å². The molecule has 0 bridgehead atoms. The summed E-state index contributed by atoms with van der Waals surface area (Å²) >= 11 is 6.97. The number of aromatic nitrogens is 2. The molecule has 0 aliphatic heterocycles. The topological polar surface area (TPSA) is 75.2 Å². The second-order valence-electron chi connectivity index (χ2n) is 4.14. The molecule has 8 heteroatoms. The van der Waals surface area contributed by atoms with Gasteiger partial charge in [-0.1, -0.05) is 35.1 Å². The fourth-order valence-corrected chi connectivity index (χ4v) is 2.23. The van der Waals surface area contributed by atoms with Gasteiger partial charge in [0.1, 0.15) is 5.51 Å². The first-order valence-electron chi connectivity index (χ1n) is 6.21. The summed E-state index contributed by atoms with van der Waals surface area (Å²) in [6, 6.07) is 7.13. The third-order valence-corrected chi connectivity index (χ3v) is 3.59. The highest BCUT2D eigenvalue weighted by Crippen LogP contribution is 2.12. The van der Waals surface area contributed by atoms with Crippen LogP contribution < -0.4 is 5.32 Å². The fourth-order valence-electron chi connectivity index (χ4n) is 1.66. The number of halogens is 1. The average molecular weight is 325 g/mol. The molecule has 2 aromatic rings. The quantitative estimate of drug-likeness (QED) is 0.875. The summed E-state index contributed by atoms with van der Waals surface area (Å²) in [6.45, 7) is 2.58. The number of nitrogens with zero attached hydrogens (tertiary/aromatic N) is 3. The van der Waals surface area contributed by atoms with E-state index in [1.54, 1.807) is 12.1 Å². The van der Waals surface area contributed by atoms with E-state index in [1.165, 1.54) is 10.4 Å². The summed E-state index contributed by atoms with van der Waals surface area (Å²) in [4.78, 5) is 25.4. The van der Waals surface area contributed by atoms with Crippen LogP contribution in [0.15, 0.2) is 29.8 Å². The minimum absolute atomic E-state index is 0.302. The summed E-state index contributed by atoms with van der Waals surface area (Å²) in [5, 5.41) is 10.6. The molecule has 1 N–H and O–H groups in total. The van der Waals surface area contributed by atoms with Crippen LogP contribution in [-0.4, -0.2) is 33.5 Å². The molecule has 110 valence electrons. The Morgan fingerprint density at radius 1 is 1.33 bits per heavy atom. The maximum atomic E-state index is 12.1. The predicted octanol–water partition coefficient (Wildman–Crippen LogP) is 2.18. The van der Waals surface area contributed by atoms with Gasteiger partial charge in [-0.2, -0.15) is 0 Å². The SMILES string of the molecule is CCN(Cc1ccc(Cl)cc1)C(=O)C(=O)Nc1nncs1. The van der Waals surface area contributed by atoms with Gasteiger partial charge in [0.15, 0.2) is 0 Å². The maximum absolute atomic E-state index is 12.1. The second-order valence-corrected chi connectivity index (χ2v) is 5.41. The Balaban J connectivity index is 2.00. The van der Waals surface area contributed by atoms with E-state index in [9.17, 15) is 9.59 Å². The van der Waals surface area contributed by atoms with Crippen LogP contribution in [0.2, 0.25) is 5.02 Å². The van der Waals surface area contributed by atoms with Crippen LogP contribution in [-0.2, 0) is 16.1 Å². The van der Waals surface area contributed by atoms with Crippen LogP contribution >= 0.6 is 22.9 Å². The number of rotatable bonds is 4. The summed E-state index contributed by atoms with van der Waals surface area (Å²) in [5.74, 6) is -1.33. The van der Waals surface area contributed by atoms with E-state index in [1.807, 2.05) is 19.1 Å². The molecule has 1 aromatic carbocycles. The van der Waals surface area contributed by atoms with Gasteiger partial charge in [-0.25, -0.2) is 0 Å². The molecule has 21 heavy (non-hydrogen) atoms. The van der Waals surface area contributed by atoms with Gasteiger partial charge in [0.05, 0.1) is 0 Å². The van der Waals surface area contributed by atoms with E-state index in [0.29, 0.717) is 23.2 Å². The van der Waals surface area contributed by atoms with Crippen molar-refractivity contribution < 1.29 is 9.59 Å². The number of hydrogen-bond acceptors (Lipinski definition) is 5. The molecule has 0 fully saturated rings. The smallest absolute Gasteiger partial charge is 0.315 e. The number of likely N-dealkylation sites (N-methyl/N-ethyl adjacent to an activating group) is 1. The molecule has 1 aromatic heterocycles. The van der Waals surface area contributed by atoms with Crippen LogP contribution in [0.1, 0.15) is 12.5 Å². The van der Waals surface area contributed by atoms with Gasteiger partial charge in [0.25, 0.3) is 0 Å². The molecule has 0 unspecified atom stereocenters. The van der Waals surface area contributed by atoms with Gasteiger partial charge in [0.2, 0.25) is 5.13 Å². The van der Waals surface area contributed by atoms with E-state index < -0.39 is 11.8 Å². The lowest BCUT2D eigenvalue weighted by atomic mass is 10.2. The van der Waals surface area contributed by atoms with Crippen LogP contribution in [0.4, 0.5) is 5.13 Å². The molecule has 0 spiro atoms. The van der Waals surface area contributed by atoms with E-state index in [-0.39, 0.29) is 0 Å². The van der Waals surface area contributed by atoms with Crippen LogP contribution in [0.5, 0.6) is 0 Å². The summed E-state index contributed by atoms with van der Waals surface area (Å²) in [6.07, 6.45) is 0. The average Bonchev–Trinajstić information content (AvgIpc) is 2.99. The minimum atomic E-state index is -0.720. The Bertz CT molecular complexity index is 616. The van der Waals surface area contributed by atoms with E-state index in [4.69, 9.17) is 11.6 Å². The van der Waals surface area contributed by atoms with Gasteiger partial charge in [-0.3, -0.25) is 14.9 Å². The van der Waals surface area contributed by atoms with E-state index in [0.717, 1.165) is 16.9 Å². The van der Waals surface area contributed by atoms with E-state index >= 15 is 0 Å². The summed E-state index contributed by atoms with van der Waals surface area (Å²) in [7, 11) is 0. The van der Waals surface area contributed by atoms with Crippen LogP contribution in [0, 0.1) is 0 Å². The van der Waals surface area contributed by atoms with Crippen LogP contribution in [0.3, 0.4) is 0 Å². The zero-order chi connectivity index (χ0) is 15.2. The number of nitrogens with one attached hydrogen (secondary N) is 1. The van der Waals surface area contributed by atoms with Crippen molar-refractivity contribution in [3.8, 4) is 0 Å². The highest BCUT2D eigenvalue weighted by atomic mass is 35.5. The Kier molecular flexibility index (Phi) is 5.24. The number of anilines is 1. The molecule has 2 amide bonds. The zero-order valence-corrected chi connectivity index (χ0v) is 12.8. The first-order chi connectivity index (χ1) is 10.1. The second kappa shape index (κ2) is 7.14. The summed E-state index contributed by atoms with van der Waals surface area (Å²) in [5.41, 5.74) is 2.38. The van der Waals surface area contributed by atoms with E-state index in [2.05, 4.69) is 15.5 Å². The van der Waals surface area contributed by atoms with Gasteiger partial charge < -0.3 is 4.90 Å². The highest BCUT2D eigenvalue weighted by Gasteiger charge is 2.21. The predicted molar refractivity (Wildman–Crippen MR) is 81.1 cm³/mol. The lowest BCUT2D eigenvalue weighted by Gasteiger charge is -2.20. The standard InChI is InChI=1S/C13H13ClN4O2S/c1-2-18(7-9-3-5-10(14)6-4-9)12(20)11(19)16-13-17-15-8-21-13/h3-6,8H,2,7H2,1H3,(H,16,17,19). The normalized spacial score (nSPS) is 10.2. The van der Waals surface area contributed by atoms with Gasteiger partial charge in [-0.05, 0) is 24.6 Å². The molecule has 0 saturated heterocycles. The van der Waals surface area contributed by atoms with Crippen molar-refractivity contribution in [2.24, 2.45) is 0 Å². The third-order valence-electron chi connectivity index (χ3n) is 2.73. The summed E-state index contributed by atoms with van der Waals surface area (Å²) < 4.78 is 0. The van der Waals surface area contributed by atoms with Crippen molar-refractivity contribution in [1.82, 2.24) is 15.1 Å². The number of amides is 2. The minimum Gasteiger partial charge on any atom is -0.330 e. The van der Waals surface area contributed by atoms with Gasteiger partial charge in [-0.15, -0.1) is 10.2 Å². The highest BCUT2D eigenvalue weighted by molar-refractivity contribution is 7.13. The molecule has 0 aliphatic carbocycles. The molecular weight excluding hydrogens is 312 g/mol. The number of carbonyl (C=O) groups excluding carboxylic acids is 2. The molecular formula is C13H13ClN4O2S. The first kappa shape index (κ1) is 15.4. The Hall–Kier alpha value is -1.99. The van der Waals surface area contributed by atoms with Crippen molar-refractivity contribution in [3.05, 3.63) is 40.4 Å². The molecule has 0 atom stereocenters. The van der Waals surface area contributed by atoms with Crippen molar-refractivity contribution in [2.45, 2.75) is 13.5 Å². The Morgan fingerprint density at radius 3 is 2.62 bits per heavy atom.